The number of nitrogens with zero attached hydrogens (tertiary/aromatic N) is 1. The average molecular weight is 353 g/mol. The second kappa shape index (κ2) is 6.99. The van der Waals surface area contributed by atoms with Crippen molar-refractivity contribution in [2.24, 2.45) is 0 Å². The average Bonchev–Trinajstić information content (AvgIpc) is 2.82. The Labute approximate surface area is 131 Å². The Kier molecular flexibility index (Phi) is 5.31. The number of hydrogen-bond acceptors (Lipinski definition) is 3. The highest BCUT2D eigenvalue weighted by Gasteiger charge is 2.14. The molecule has 0 radical (unpaired) electrons. The molecule has 106 valence electrons. The normalized spacial score (nSPS) is 10.6. The Morgan fingerprint density at radius 2 is 2.15 bits per heavy atom. The summed E-state index contributed by atoms with van der Waals surface area (Å²) in [4.78, 5) is 17.2. The number of rotatable bonds is 5. The lowest BCUT2D eigenvalue weighted by Crippen LogP contribution is -2.25. The van der Waals surface area contributed by atoms with Crippen LogP contribution in [0.15, 0.2) is 28.7 Å². The van der Waals surface area contributed by atoms with Crippen molar-refractivity contribution in [2.75, 3.05) is 6.54 Å². The third kappa shape index (κ3) is 3.67. The smallest absolute Gasteiger partial charge is 0.263 e. The molecular weight excluding hydrogens is 336 g/mol. The number of carbonyl (C=O) groups excluding carboxylic acids is 1. The third-order valence-corrected chi connectivity index (χ3v) is 5.06. The number of amides is 1. The Morgan fingerprint density at radius 3 is 2.80 bits per heavy atom. The highest BCUT2D eigenvalue weighted by atomic mass is 79.9. The number of aromatic nitrogens is 1. The molecule has 1 aromatic carbocycles. The van der Waals surface area contributed by atoms with Crippen molar-refractivity contribution >= 4 is 33.2 Å². The van der Waals surface area contributed by atoms with Crippen LogP contribution in [0.1, 0.15) is 32.9 Å². The molecule has 0 bridgehead atoms. The van der Waals surface area contributed by atoms with Gasteiger partial charge < -0.3 is 5.32 Å². The van der Waals surface area contributed by atoms with E-state index in [1.807, 2.05) is 32.0 Å². The monoisotopic (exact) mass is 352 g/mol. The van der Waals surface area contributed by atoms with Gasteiger partial charge in [0.1, 0.15) is 4.88 Å². The number of carbonyl (C=O) groups is 1. The molecule has 0 fully saturated rings. The molecule has 0 aliphatic heterocycles. The zero-order valence-electron chi connectivity index (χ0n) is 11.6. The van der Waals surface area contributed by atoms with Gasteiger partial charge in [-0.1, -0.05) is 41.1 Å². The summed E-state index contributed by atoms with van der Waals surface area (Å²) in [5.41, 5.74) is 2.02. The lowest BCUT2D eigenvalue weighted by atomic mass is 10.1. The molecule has 1 amide bonds. The Hall–Kier alpha value is -1.20. The van der Waals surface area contributed by atoms with E-state index in [2.05, 4.69) is 32.3 Å². The van der Waals surface area contributed by atoms with Gasteiger partial charge in [-0.05, 0) is 31.4 Å². The van der Waals surface area contributed by atoms with Crippen LogP contribution in [0.2, 0.25) is 0 Å². The molecule has 0 saturated carbocycles. The van der Waals surface area contributed by atoms with Gasteiger partial charge in [0.15, 0.2) is 0 Å². The summed E-state index contributed by atoms with van der Waals surface area (Å²) in [5, 5.41) is 3.98. The first-order valence-electron chi connectivity index (χ1n) is 6.59. The van der Waals surface area contributed by atoms with Crippen LogP contribution in [0.4, 0.5) is 0 Å². The molecule has 2 rings (SSSR count). The number of benzene rings is 1. The van der Waals surface area contributed by atoms with Gasteiger partial charge >= 0.3 is 0 Å². The topological polar surface area (TPSA) is 42.0 Å². The van der Waals surface area contributed by atoms with Gasteiger partial charge in [-0.2, -0.15) is 0 Å². The van der Waals surface area contributed by atoms with Crippen molar-refractivity contribution in [3.05, 3.63) is 49.9 Å². The van der Waals surface area contributed by atoms with Gasteiger partial charge in [-0.3, -0.25) is 4.79 Å². The van der Waals surface area contributed by atoms with Crippen molar-refractivity contribution < 1.29 is 4.79 Å². The molecular formula is C15H17BrN2OS. The molecule has 0 spiro atoms. The Morgan fingerprint density at radius 1 is 1.40 bits per heavy atom. The van der Waals surface area contributed by atoms with E-state index in [9.17, 15) is 4.79 Å². The summed E-state index contributed by atoms with van der Waals surface area (Å²) in [6.07, 6.45) is 1.68. The van der Waals surface area contributed by atoms with Crippen LogP contribution < -0.4 is 5.32 Å². The maximum absolute atomic E-state index is 12.1. The molecule has 1 heterocycles. The summed E-state index contributed by atoms with van der Waals surface area (Å²) in [6, 6.07) is 8.06. The van der Waals surface area contributed by atoms with Crippen LogP contribution in [0.3, 0.4) is 0 Å². The van der Waals surface area contributed by atoms with Crippen molar-refractivity contribution in [1.82, 2.24) is 10.3 Å². The summed E-state index contributed by atoms with van der Waals surface area (Å²) in [5.74, 6) is -0.0215. The van der Waals surface area contributed by atoms with E-state index in [4.69, 9.17) is 0 Å². The molecule has 3 nitrogen and oxygen atoms in total. The van der Waals surface area contributed by atoms with Gasteiger partial charge in [0.05, 0.1) is 10.7 Å². The van der Waals surface area contributed by atoms with Gasteiger partial charge in [-0.25, -0.2) is 4.98 Å². The van der Waals surface area contributed by atoms with Crippen molar-refractivity contribution in [3.63, 3.8) is 0 Å². The minimum Gasteiger partial charge on any atom is -0.351 e. The van der Waals surface area contributed by atoms with Crippen LogP contribution >= 0.6 is 27.3 Å². The first-order chi connectivity index (χ1) is 9.61. The number of nitrogens with one attached hydrogen (secondary N) is 1. The summed E-state index contributed by atoms with van der Waals surface area (Å²) < 4.78 is 1.08. The standard InChI is InChI=1S/C15H17BrN2OS/c1-3-13-18-10(2)14(20-13)15(19)17-9-8-11-6-4-5-7-12(11)16/h4-7H,3,8-9H2,1-2H3,(H,17,19). The van der Waals surface area contributed by atoms with Crippen molar-refractivity contribution in [1.29, 1.82) is 0 Å². The molecule has 1 aromatic heterocycles. The number of hydrogen-bond donors (Lipinski definition) is 1. The lowest BCUT2D eigenvalue weighted by Gasteiger charge is -2.06. The van der Waals surface area contributed by atoms with E-state index in [1.165, 1.54) is 16.9 Å². The molecule has 0 saturated heterocycles. The molecule has 2 aromatic rings. The Bertz CT molecular complexity index is 610. The molecule has 0 aliphatic carbocycles. The fraction of sp³-hybridized carbons (Fsp3) is 0.333. The van der Waals surface area contributed by atoms with E-state index in [0.29, 0.717) is 6.54 Å². The fourth-order valence-corrected chi connectivity index (χ4v) is 3.31. The van der Waals surface area contributed by atoms with E-state index >= 15 is 0 Å². The molecule has 5 heteroatoms. The largest absolute Gasteiger partial charge is 0.351 e. The first-order valence-corrected chi connectivity index (χ1v) is 8.20. The zero-order valence-corrected chi connectivity index (χ0v) is 14.0. The molecule has 0 unspecified atom stereocenters. The summed E-state index contributed by atoms with van der Waals surface area (Å²) in [7, 11) is 0. The minimum absolute atomic E-state index is 0.0215. The van der Waals surface area contributed by atoms with E-state index in [-0.39, 0.29) is 5.91 Å². The molecule has 0 aliphatic rings. The maximum Gasteiger partial charge on any atom is 0.263 e. The Balaban J connectivity index is 1.92. The SMILES string of the molecule is CCc1nc(C)c(C(=O)NCCc2ccccc2Br)s1. The lowest BCUT2D eigenvalue weighted by molar-refractivity contribution is 0.0957. The number of halogens is 1. The second-order valence-electron chi connectivity index (χ2n) is 4.47. The molecule has 0 atom stereocenters. The second-order valence-corrected chi connectivity index (χ2v) is 6.41. The molecule has 20 heavy (non-hydrogen) atoms. The predicted octanol–water partition coefficient (Wildman–Crippen LogP) is 3.75. The predicted molar refractivity (Wildman–Crippen MR) is 86.4 cm³/mol. The minimum atomic E-state index is -0.0215. The quantitative estimate of drug-likeness (QED) is 0.890. The highest BCUT2D eigenvalue weighted by Crippen LogP contribution is 2.19. The summed E-state index contributed by atoms with van der Waals surface area (Å²) >= 11 is 5.00. The van der Waals surface area contributed by atoms with Crippen molar-refractivity contribution in [2.45, 2.75) is 26.7 Å². The van der Waals surface area contributed by atoms with Crippen LogP contribution in [-0.2, 0) is 12.8 Å². The summed E-state index contributed by atoms with van der Waals surface area (Å²) in [6.45, 7) is 4.56. The van der Waals surface area contributed by atoms with E-state index in [1.54, 1.807) is 0 Å². The molecule has 1 N–H and O–H groups in total. The maximum atomic E-state index is 12.1. The van der Waals surface area contributed by atoms with E-state index < -0.39 is 0 Å². The first kappa shape index (κ1) is 15.2. The van der Waals surface area contributed by atoms with E-state index in [0.717, 1.165) is 32.9 Å². The van der Waals surface area contributed by atoms with Crippen LogP contribution in [-0.4, -0.2) is 17.4 Å². The zero-order chi connectivity index (χ0) is 14.5. The van der Waals surface area contributed by atoms with Crippen LogP contribution in [0, 0.1) is 6.92 Å². The number of thiazole rings is 1. The van der Waals surface area contributed by atoms with Crippen LogP contribution in [0.25, 0.3) is 0 Å². The van der Waals surface area contributed by atoms with Gasteiger partial charge in [0, 0.05) is 11.0 Å². The highest BCUT2D eigenvalue weighted by molar-refractivity contribution is 9.10. The number of aryl methyl sites for hydroxylation is 2. The van der Waals surface area contributed by atoms with Crippen LogP contribution in [0.5, 0.6) is 0 Å². The van der Waals surface area contributed by atoms with Crippen molar-refractivity contribution in [3.8, 4) is 0 Å². The third-order valence-electron chi connectivity index (χ3n) is 2.99. The van der Waals surface area contributed by atoms with Gasteiger partial charge in [0.2, 0.25) is 0 Å². The van der Waals surface area contributed by atoms with Gasteiger partial charge in [-0.15, -0.1) is 11.3 Å². The fourth-order valence-electron chi connectivity index (χ4n) is 1.91. The van der Waals surface area contributed by atoms with Gasteiger partial charge in [0.25, 0.3) is 5.91 Å².